The van der Waals surface area contributed by atoms with Gasteiger partial charge in [-0.05, 0) is 6.07 Å². The summed E-state index contributed by atoms with van der Waals surface area (Å²) in [6.45, 7) is 0. The number of carboxylic acids is 1. The molecule has 6 heteroatoms. The molecular formula is C13H9F2NO3. The van der Waals surface area contributed by atoms with E-state index < -0.39 is 23.2 Å². The maximum absolute atomic E-state index is 13.9. The molecule has 1 heterocycles. The molecule has 0 aliphatic rings. The first kappa shape index (κ1) is 12.9. The minimum Gasteiger partial charge on any atom is -0.497 e. The van der Waals surface area contributed by atoms with E-state index in [1.807, 2.05) is 0 Å². The van der Waals surface area contributed by atoms with E-state index in [1.165, 1.54) is 19.4 Å². The molecule has 1 aromatic heterocycles. The molecule has 2 rings (SSSR count). The van der Waals surface area contributed by atoms with E-state index in [1.54, 1.807) is 0 Å². The van der Waals surface area contributed by atoms with Gasteiger partial charge in [0.1, 0.15) is 17.4 Å². The molecule has 0 aliphatic carbocycles. The van der Waals surface area contributed by atoms with Crippen molar-refractivity contribution in [1.82, 2.24) is 4.98 Å². The number of ether oxygens (including phenoxy) is 1. The second-order valence-corrected chi connectivity index (χ2v) is 3.69. The summed E-state index contributed by atoms with van der Waals surface area (Å²) >= 11 is 0. The van der Waals surface area contributed by atoms with Crippen LogP contribution in [-0.4, -0.2) is 23.2 Å². The third kappa shape index (κ3) is 2.37. The molecule has 0 radical (unpaired) electrons. The van der Waals surface area contributed by atoms with Crippen molar-refractivity contribution in [3.8, 4) is 16.9 Å². The Balaban J connectivity index is 2.69. The fourth-order valence-corrected chi connectivity index (χ4v) is 1.71. The normalized spacial score (nSPS) is 10.3. The van der Waals surface area contributed by atoms with Gasteiger partial charge in [0, 0.05) is 30.1 Å². The summed E-state index contributed by atoms with van der Waals surface area (Å²) in [5, 5.41) is 9.01. The number of hydrogen-bond acceptors (Lipinski definition) is 3. The number of pyridine rings is 1. The molecule has 0 aliphatic heterocycles. The van der Waals surface area contributed by atoms with E-state index in [4.69, 9.17) is 9.84 Å². The molecule has 0 saturated carbocycles. The van der Waals surface area contributed by atoms with E-state index in [0.29, 0.717) is 0 Å². The van der Waals surface area contributed by atoms with Crippen LogP contribution in [0.1, 0.15) is 10.4 Å². The van der Waals surface area contributed by atoms with Crippen LogP contribution in [0.5, 0.6) is 5.75 Å². The molecule has 0 fully saturated rings. The van der Waals surface area contributed by atoms with Crippen LogP contribution in [0.2, 0.25) is 0 Å². The van der Waals surface area contributed by atoms with E-state index in [-0.39, 0.29) is 16.9 Å². The lowest BCUT2D eigenvalue weighted by molar-refractivity contribution is 0.0697. The number of aromatic carboxylic acids is 1. The zero-order chi connectivity index (χ0) is 14.0. The van der Waals surface area contributed by atoms with Gasteiger partial charge in [0.25, 0.3) is 0 Å². The highest BCUT2D eigenvalue weighted by Crippen LogP contribution is 2.31. The number of benzene rings is 1. The Hall–Kier alpha value is -2.50. The lowest BCUT2D eigenvalue weighted by Gasteiger charge is -2.09. The smallest absolute Gasteiger partial charge is 0.336 e. The second kappa shape index (κ2) is 5.01. The van der Waals surface area contributed by atoms with Crippen molar-refractivity contribution >= 4 is 5.97 Å². The van der Waals surface area contributed by atoms with Crippen molar-refractivity contribution in [3.05, 3.63) is 47.8 Å². The predicted octanol–water partition coefficient (Wildman–Crippen LogP) is 2.73. The van der Waals surface area contributed by atoms with Gasteiger partial charge in [-0.1, -0.05) is 0 Å². The van der Waals surface area contributed by atoms with E-state index in [9.17, 15) is 13.6 Å². The molecule has 0 saturated heterocycles. The molecule has 0 amide bonds. The van der Waals surface area contributed by atoms with Crippen LogP contribution in [0, 0.1) is 11.6 Å². The van der Waals surface area contributed by atoms with E-state index >= 15 is 0 Å². The first-order valence-electron chi connectivity index (χ1n) is 5.25. The van der Waals surface area contributed by atoms with Crippen LogP contribution in [0.4, 0.5) is 8.78 Å². The molecule has 1 aromatic carbocycles. The SMILES string of the molecule is COc1cc(F)c(-c2cnccc2C(=O)O)c(F)c1. The first-order valence-corrected chi connectivity index (χ1v) is 5.25. The highest BCUT2D eigenvalue weighted by Gasteiger charge is 2.19. The Kier molecular flexibility index (Phi) is 3.41. The molecule has 0 spiro atoms. The number of aromatic nitrogens is 1. The van der Waals surface area contributed by atoms with Gasteiger partial charge in [0.15, 0.2) is 0 Å². The summed E-state index contributed by atoms with van der Waals surface area (Å²) in [5.41, 5.74) is -0.781. The van der Waals surface area contributed by atoms with Crippen LogP contribution in [0.15, 0.2) is 30.6 Å². The molecule has 4 nitrogen and oxygen atoms in total. The first-order chi connectivity index (χ1) is 9.04. The molecular weight excluding hydrogens is 256 g/mol. The molecule has 0 atom stereocenters. The van der Waals surface area contributed by atoms with Crippen LogP contribution in [0.25, 0.3) is 11.1 Å². The van der Waals surface area contributed by atoms with Gasteiger partial charge >= 0.3 is 5.97 Å². The van der Waals surface area contributed by atoms with Crippen molar-refractivity contribution in [1.29, 1.82) is 0 Å². The number of hydrogen-bond donors (Lipinski definition) is 1. The average Bonchev–Trinajstić information content (AvgIpc) is 2.38. The minimum absolute atomic E-state index is 0.0134. The minimum atomic E-state index is -1.29. The quantitative estimate of drug-likeness (QED) is 0.927. The van der Waals surface area contributed by atoms with Gasteiger partial charge in [-0.3, -0.25) is 4.98 Å². The van der Waals surface area contributed by atoms with Gasteiger partial charge in [-0.2, -0.15) is 0 Å². The third-order valence-electron chi connectivity index (χ3n) is 2.57. The number of rotatable bonds is 3. The Labute approximate surface area is 107 Å². The predicted molar refractivity (Wildman–Crippen MR) is 63.1 cm³/mol. The molecule has 19 heavy (non-hydrogen) atoms. The highest BCUT2D eigenvalue weighted by atomic mass is 19.1. The average molecular weight is 265 g/mol. The molecule has 0 unspecified atom stereocenters. The monoisotopic (exact) mass is 265 g/mol. The Morgan fingerprint density at radius 1 is 1.32 bits per heavy atom. The van der Waals surface area contributed by atoms with Crippen LogP contribution < -0.4 is 4.74 Å². The topological polar surface area (TPSA) is 59.4 Å². The maximum Gasteiger partial charge on any atom is 0.336 e. The van der Waals surface area contributed by atoms with Gasteiger partial charge in [0.05, 0.1) is 18.2 Å². The van der Waals surface area contributed by atoms with Crippen LogP contribution >= 0.6 is 0 Å². The summed E-state index contributed by atoms with van der Waals surface area (Å²) in [6, 6.07) is 3.15. The second-order valence-electron chi connectivity index (χ2n) is 3.69. The summed E-state index contributed by atoms with van der Waals surface area (Å²) in [7, 11) is 1.28. The number of halogens is 2. The van der Waals surface area contributed by atoms with Crippen molar-refractivity contribution in [3.63, 3.8) is 0 Å². The Morgan fingerprint density at radius 3 is 2.47 bits per heavy atom. The van der Waals surface area contributed by atoms with Crippen molar-refractivity contribution in [2.24, 2.45) is 0 Å². The highest BCUT2D eigenvalue weighted by molar-refractivity contribution is 5.95. The van der Waals surface area contributed by atoms with Gasteiger partial charge < -0.3 is 9.84 Å². The van der Waals surface area contributed by atoms with Crippen molar-refractivity contribution < 1.29 is 23.4 Å². The number of carboxylic acid groups (broad SMARTS) is 1. The zero-order valence-corrected chi connectivity index (χ0v) is 9.85. The van der Waals surface area contributed by atoms with Crippen LogP contribution in [-0.2, 0) is 0 Å². The van der Waals surface area contributed by atoms with Gasteiger partial charge in [0.2, 0.25) is 0 Å². The molecule has 2 aromatic rings. The summed E-state index contributed by atoms with van der Waals surface area (Å²) in [5.74, 6) is -3.09. The number of carbonyl (C=O) groups is 1. The molecule has 0 bridgehead atoms. The number of methoxy groups -OCH3 is 1. The summed E-state index contributed by atoms with van der Waals surface area (Å²) in [4.78, 5) is 14.7. The third-order valence-corrected chi connectivity index (χ3v) is 2.57. The Morgan fingerprint density at radius 2 is 1.95 bits per heavy atom. The zero-order valence-electron chi connectivity index (χ0n) is 9.85. The number of nitrogens with zero attached hydrogens (tertiary/aromatic N) is 1. The molecule has 98 valence electrons. The fraction of sp³-hybridized carbons (Fsp3) is 0.0769. The summed E-state index contributed by atoms with van der Waals surface area (Å²) < 4.78 is 32.5. The lowest BCUT2D eigenvalue weighted by atomic mass is 10.0. The Bertz CT molecular complexity index is 621. The fourth-order valence-electron chi connectivity index (χ4n) is 1.71. The van der Waals surface area contributed by atoms with E-state index in [2.05, 4.69) is 4.98 Å². The largest absolute Gasteiger partial charge is 0.497 e. The van der Waals surface area contributed by atoms with E-state index in [0.717, 1.165) is 18.3 Å². The van der Waals surface area contributed by atoms with Crippen molar-refractivity contribution in [2.45, 2.75) is 0 Å². The lowest BCUT2D eigenvalue weighted by Crippen LogP contribution is -2.03. The molecule has 1 N–H and O–H groups in total. The van der Waals surface area contributed by atoms with Crippen LogP contribution in [0.3, 0.4) is 0 Å². The summed E-state index contributed by atoms with van der Waals surface area (Å²) in [6.07, 6.45) is 2.35. The van der Waals surface area contributed by atoms with Gasteiger partial charge in [-0.25, -0.2) is 13.6 Å². The van der Waals surface area contributed by atoms with Crippen molar-refractivity contribution in [2.75, 3.05) is 7.11 Å². The standard InChI is InChI=1S/C13H9F2NO3/c1-19-7-4-10(14)12(11(15)5-7)9-6-16-3-2-8(9)13(17)18/h2-6H,1H3,(H,17,18). The van der Waals surface area contributed by atoms with Gasteiger partial charge in [-0.15, -0.1) is 0 Å². The maximum atomic E-state index is 13.9.